The molecule has 0 aliphatic heterocycles. The summed E-state index contributed by atoms with van der Waals surface area (Å²) in [4.78, 5) is 4.67. The van der Waals surface area contributed by atoms with E-state index in [0.717, 1.165) is 11.6 Å². The van der Waals surface area contributed by atoms with E-state index in [9.17, 15) is 0 Å². The van der Waals surface area contributed by atoms with Crippen molar-refractivity contribution in [1.29, 1.82) is 0 Å². The number of aromatic amines is 1. The zero-order valence-electron chi connectivity index (χ0n) is 9.21. The van der Waals surface area contributed by atoms with Gasteiger partial charge in [0, 0.05) is 11.8 Å². The van der Waals surface area contributed by atoms with Gasteiger partial charge < -0.3 is 0 Å². The molecular formula is C12H19N3. The molecule has 0 atom stereocenters. The van der Waals surface area contributed by atoms with E-state index in [0.29, 0.717) is 11.8 Å². The second kappa shape index (κ2) is 3.95. The Morgan fingerprint density at radius 1 is 0.867 bits per heavy atom. The highest BCUT2D eigenvalue weighted by Gasteiger charge is 2.28. The first kappa shape index (κ1) is 9.37. The lowest BCUT2D eigenvalue weighted by molar-refractivity contribution is 0.562. The van der Waals surface area contributed by atoms with E-state index >= 15 is 0 Å². The fraction of sp³-hybridized carbons (Fsp3) is 0.833. The molecule has 0 radical (unpaired) electrons. The Hall–Kier alpha value is -0.860. The molecule has 2 aliphatic rings. The molecule has 1 aromatic rings. The van der Waals surface area contributed by atoms with Crippen LogP contribution in [0.15, 0.2) is 0 Å². The van der Waals surface area contributed by atoms with E-state index in [4.69, 9.17) is 0 Å². The van der Waals surface area contributed by atoms with Crippen LogP contribution < -0.4 is 0 Å². The van der Waals surface area contributed by atoms with Crippen molar-refractivity contribution in [3.8, 4) is 0 Å². The van der Waals surface area contributed by atoms with Crippen LogP contribution in [0.25, 0.3) is 0 Å². The lowest BCUT2D eigenvalue weighted by Gasteiger charge is -2.08. The number of H-pyrrole nitrogens is 1. The minimum atomic E-state index is 0.635. The number of rotatable bonds is 2. The Morgan fingerprint density at radius 3 is 2.27 bits per heavy atom. The molecule has 0 unspecified atom stereocenters. The highest BCUT2D eigenvalue weighted by Crippen LogP contribution is 2.39. The first-order valence-corrected chi connectivity index (χ1v) is 6.35. The van der Waals surface area contributed by atoms with Crippen molar-refractivity contribution in [2.45, 2.75) is 63.2 Å². The van der Waals surface area contributed by atoms with Crippen LogP contribution in [0.4, 0.5) is 0 Å². The molecule has 2 saturated carbocycles. The number of aromatic nitrogens is 3. The summed E-state index contributed by atoms with van der Waals surface area (Å²) in [6, 6.07) is 0. The standard InChI is InChI=1S/C12H19N3/c1-2-4-6-9(5-3-1)11-13-12(15-14-11)10-7-8-10/h9-10H,1-8H2,(H,13,14,15). The third-order valence-electron chi connectivity index (χ3n) is 3.70. The molecule has 0 aromatic carbocycles. The number of nitrogens with one attached hydrogen (secondary N) is 1. The Kier molecular flexibility index (Phi) is 2.47. The summed E-state index contributed by atoms with van der Waals surface area (Å²) in [7, 11) is 0. The van der Waals surface area contributed by atoms with Crippen LogP contribution >= 0.6 is 0 Å². The lowest BCUT2D eigenvalue weighted by atomic mass is 10.00. The van der Waals surface area contributed by atoms with Crippen molar-refractivity contribution in [3.05, 3.63) is 11.6 Å². The van der Waals surface area contributed by atoms with E-state index < -0.39 is 0 Å². The van der Waals surface area contributed by atoms with Gasteiger partial charge in [-0.1, -0.05) is 25.7 Å². The average Bonchev–Trinajstić information content (AvgIpc) is 3.04. The number of hydrogen-bond acceptors (Lipinski definition) is 2. The summed E-state index contributed by atoms with van der Waals surface area (Å²) >= 11 is 0. The monoisotopic (exact) mass is 205 g/mol. The smallest absolute Gasteiger partial charge is 0.153 e. The van der Waals surface area contributed by atoms with Crippen molar-refractivity contribution >= 4 is 0 Å². The molecule has 3 heteroatoms. The third-order valence-corrected chi connectivity index (χ3v) is 3.70. The van der Waals surface area contributed by atoms with Crippen molar-refractivity contribution < 1.29 is 0 Å². The van der Waals surface area contributed by atoms with Gasteiger partial charge in [0.25, 0.3) is 0 Å². The van der Waals surface area contributed by atoms with Crippen LogP contribution in [-0.2, 0) is 0 Å². The quantitative estimate of drug-likeness (QED) is 0.754. The zero-order chi connectivity index (χ0) is 10.1. The van der Waals surface area contributed by atoms with Gasteiger partial charge in [0.15, 0.2) is 5.82 Å². The van der Waals surface area contributed by atoms with Gasteiger partial charge in [-0.25, -0.2) is 4.98 Å². The summed E-state index contributed by atoms with van der Waals surface area (Å²) in [5.41, 5.74) is 0. The second-order valence-corrected chi connectivity index (χ2v) is 5.04. The summed E-state index contributed by atoms with van der Waals surface area (Å²) in [6.07, 6.45) is 10.7. The van der Waals surface area contributed by atoms with Crippen molar-refractivity contribution in [2.24, 2.45) is 0 Å². The minimum Gasteiger partial charge on any atom is -0.263 e. The maximum Gasteiger partial charge on any atom is 0.153 e. The predicted molar refractivity (Wildman–Crippen MR) is 58.8 cm³/mol. The molecule has 3 nitrogen and oxygen atoms in total. The molecule has 2 fully saturated rings. The van der Waals surface area contributed by atoms with Crippen LogP contribution in [0.1, 0.15) is 74.9 Å². The first-order chi connectivity index (χ1) is 7.43. The third kappa shape index (κ3) is 2.06. The van der Waals surface area contributed by atoms with Gasteiger partial charge in [-0.2, -0.15) is 5.10 Å². The molecule has 0 amide bonds. The topological polar surface area (TPSA) is 41.6 Å². The van der Waals surface area contributed by atoms with Gasteiger partial charge in [-0.15, -0.1) is 0 Å². The van der Waals surface area contributed by atoms with Gasteiger partial charge in [0.1, 0.15) is 5.82 Å². The molecule has 1 N–H and O–H groups in total. The second-order valence-electron chi connectivity index (χ2n) is 5.04. The molecule has 1 heterocycles. The molecule has 2 aliphatic carbocycles. The van der Waals surface area contributed by atoms with E-state index in [2.05, 4.69) is 15.2 Å². The molecule has 0 saturated heterocycles. The Labute approximate surface area is 90.7 Å². The summed E-state index contributed by atoms with van der Waals surface area (Å²) < 4.78 is 0. The van der Waals surface area contributed by atoms with E-state index in [1.807, 2.05) is 0 Å². The lowest BCUT2D eigenvalue weighted by Crippen LogP contribution is -1.99. The molecule has 3 rings (SSSR count). The van der Waals surface area contributed by atoms with Gasteiger partial charge in [0.2, 0.25) is 0 Å². The van der Waals surface area contributed by atoms with Crippen molar-refractivity contribution in [1.82, 2.24) is 15.2 Å². The first-order valence-electron chi connectivity index (χ1n) is 6.35. The SMILES string of the molecule is C1CCCC(c2n[nH]c(C3CC3)n2)CC1. The molecule has 0 bridgehead atoms. The molecule has 82 valence electrons. The van der Waals surface area contributed by atoms with Crippen LogP contribution in [-0.4, -0.2) is 15.2 Å². The van der Waals surface area contributed by atoms with Crippen molar-refractivity contribution in [2.75, 3.05) is 0 Å². The molecule has 1 aromatic heterocycles. The summed E-state index contributed by atoms with van der Waals surface area (Å²) in [6.45, 7) is 0. The normalized spacial score (nSPS) is 24.0. The number of nitrogens with zero attached hydrogens (tertiary/aromatic N) is 2. The molecule has 0 spiro atoms. The van der Waals surface area contributed by atoms with Crippen LogP contribution in [0.5, 0.6) is 0 Å². The summed E-state index contributed by atoms with van der Waals surface area (Å²) in [5, 5.41) is 7.53. The van der Waals surface area contributed by atoms with Crippen LogP contribution in [0.2, 0.25) is 0 Å². The maximum atomic E-state index is 4.67. The van der Waals surface area contributed by atoms with Gasteiger partial charge in [0.05, 0.1) is 0 Å². The van der Waals surface area contributed by atoms with Crippen LogP contribution in [0.3, 0.4) is 0 Å². The molecule has 15 heavy (non-hydrogen) atoms. The summed E-state index contributed by atoms with van der Waals surface area (Å²) in [5.74, 6) is 3.58. The van der Waals surface area contributed by atoms with E-state index in [-0.39, 0.29) is 0 Å². The Balaban J connectivity index is 1.72. The van der Waals surface area contributed by atoms with E-state index in [1.165, 1.54) is 51.4 Å². The van der Waals surface area contributed by atoms with Crippen molar-refractivity contribution in [3.63, 3.8) is 0 Å². The fourth-order valence-electron chi connectivity index (χ4n) is 2.55. The zero-order valence-corrected chi connectivity index (χ0v) is 9.21. The highest BCUT2D eigenvalue weighted by molar-refractivity contribution is 5.07. The van der Waals surface area contributed by atoms with E-state index in [1.54, 1.807) is 0 Å². The Morgan fingerprint density at radius 2 is 1.60 bits per heavy atom. The fourth-order valence-corrected chi connectivity index (χ4v) is 2.55. The molecular weight excluding hydrogens is 186 g/mol. The van der Waals surface area contributed by atoms with Gasteiger partial charge in [-0.05, 0) is 25.7 Å². The Bertz CT molecular complexity index is 319. The number of hydrogen-bond donors (Lipinski definition) is 1. The average molecular weight is 205 g/mol. The van der Waals surface area contributed by atoms with Crippen LogP contribution in [0, 0.1) is 0 Å². The van der Waals surface area contributed by atoms with Gasteiger partial charge in [-0.3, -0.25) is 5.10 Å². The predicted octanol–water partition coefficient (Wildman–Crippen LogP) is 3.12. The van der Waals surface area contributed by atoms with Gasteiger partial charge >= 0.3 is 0 Å². The largest absolute Gasteiger partial charge is 0.263 e. The maximum absolute atomic E-state index is 4.67. The highest BCUT2D eigenvalue weighted by atomic mass is 15.2. The minimum absolute atomic E-state index is 0.635.